The van der Waals surface area contributed by atoms with E-state index in [1.807, 2.05) is 0 Å². The molecule has 0 aliphatic carbocycles. The fraction of sp³-hybridized carbons (Fsp3) is 0.273. The molecule has 0 saturated heterocycles. The summed E-state index contributed by atoms with van der Waals surface area (Å²) in [5.41, 5.74) is -4.73. The number of benzene rings is 2. The van der Waals surface area contributed by atoms with Crippen molar-refractivity contribution in [1.29, 1.82) is 0 Å². The number of hydrogen-bond acceptors (Lipinski definition) is 3. The summed E-state index contributed by atoms with van der Waals surface area (Å²) in [7, 11) is 0. The second-order valence-corrected chi connectivity index (χ2v) is 7.79. The lowest BCUT2D eigenvalue weighted by Crippen LogP contribution is -2.46. The smallest absolute Gasteiger partial charge is 0.334 e. The molecule has 0 fully saturated rings. The van der Waals surface area contributed by atoms with Crippen LogP contribution < -0.4 is 11.2 Å². The van der Waals surface area contributed by atoms with Gasteiger partial charge in [-0.05, 0) is 23.3 Å². The third kappa shape index (κ3) is 5.89. The predicted octanol–water partition coefficient (Wildman–Crippen LogP) is 4.03. The van der Waals surface area contributed by atoms with Crippen molar-refractivity contribution in [2.45, 2.75) is 37.8 Å². The van der Waals surface area contributed by atoms with Crippen LogP contribution in [0.5, 0.6) is 5.88 Å². The van der Waals surface area contributed by atoms with Gasteiger partial charge in [0.1, 0.15) is 0 Å². The highest BCUT2D eigenvalue weighted by atomic mass is 19.3. The van der Waals surface area contributed by atoms with Gasteiger partial charge < -0.3 is 5.11 Å². The molecule has 0 amide bonds. The molecule has 3 rings (SSSR count). The van der Waals surface area contributed by atoms with Crippen molar-refractivity contribution < 1.29 is 40.2 Å². The number of hydrogen-bond donors (Lipinski definition) is 1. The maximum absolute atomic E-state index is 14.5. The standard InChI is InChI=1S/C22H16F8N2O3/c23-14-5-1-3-12(18(14)25)8-21(27,28)10-31-16(33)7-17(34)32(20(31)35)11-22(29,30)9-13-4-2-6-15(24)19(13)26/h1-7,33H,8-11H2. The van der Waals surface area contributed by atoms with Crippen LogP contribution in [-0.2, 0) is 25.9 Å². The molecule has 2 aromatic carbocycles. The lowest BCUT2D eigenvalue weighted by atomic mass is 10.1. The molecule has 0 aliphatic heterocycles. The highest BCUT2D eigenvalue weighted by Gasteiger charge is 2.36. The van der Waals surface area contributed by atoms with Gasteiger partial charge in [-0.15, -0.1) is 0 Å². The Morgan fingerprint density at radius 1 is 0.714 bits per heavy atom. The molecule has 0 aliphatic rings. The molecule has 1 N–H and O–H groups in total. The van der Waals surface area contributed by atoms with Gasteiger partial charge in [-0.25, -0.2) is 39.9 Å². The van der Waals surface area contributed by atoms with E-state index in [-0.39, 0.29) is 15.2 Å². The Labute approximate surface area is 191 Å². The monoisotopic (exact) mass is 508 g/mol. The number of alkyl halides is 4. The molecule has 1 aromatic heterocycles. The lowest BCUT2D eigenvalue weighted by Gasteiger charge is -2.21. The minimum atomic E-state index is -4.01. The fourth-order valence-corrected chi connectivity index (χ4v) is 3.40. The first-order valence-corrected chi connectivity index (χ1v) is 9.86. The molecule has 0 radical (unpaired) electrons. The third-order valence-electron chi connectivity index (χ3n) is 5.00. The highest BCUT2D eigenvalue weighted by molar-refractivity contribution is 5.21. The van der Waals surface area contributed by atoms with E-state index in [4.69, 9.17) is 0 Å². The normalized spacial score (nSPS) is 12.2. The lowest BCUT2D eigenvalue weighted by molar-refractivity contribution is -0.0255. The van der Waals surface area contributed by atoms with Crippen molar-refractivity contribution in [3.05, 3.63) is 97.7 Å². The summed E-state index contributed by atoms with van der Waals surface area (Å²) in [6.45, 7) is -3.37. The van der Waals surface area contributed by atoms with E-state index in [0.29, 0.717) is 12.1 Å². The average Bonchev–Trinajstić information content (AvgIpc) is 2.75. The largest absolute Gasteiger partial charge is 0.494 e. The minimum absolute atomic E-state index is 0.0859. The zero-order valence-corrected chi connectivity index (χ0v) is 17.6. The second-order valence-electron chi connectivity index (χ2n) is 7.79. The minimum Gasteiger partial charge on any atom is -0.494 e. The van der Waals surface area contributed by atoms with Crippen molar-refractivity contribution in [3.63, 3.8) is 0 Å². The van der Waals surface area contributed by atoms with Gasteiger partial charge in [-0.3, -0.25) is 13.9 Å². The second kappa shape index (κ2) is 9.55. The Morgan fingerprint density at radius 3 is 1.60 bits per heavy atom. The van der Waals surface area contributed by atoms with Crippen molar-refractivity contribution in [1.82, 2.24) is 9.13 Å². The average molecular weight is 508 g/mol. The summed E-state index contributed by atoms with van der Waals surface area (Å²) in [6.07, 6.45) is -2.85. The molecule has 1 heterocycles. The van der Waals surface area contributed by atoms with Gasteiger partial charge in [0.15, 0.2) is 23.3 Å². The first-order valence-electron chi connectivity index (χ1n) is 9.86. The first-order chi connectivity index (χ1) is 16.2. The van der Waals surface area contributed by atoms with Crippen LogP contribution >= 0.6 is 0 Å². The summed E-state index contributed by atoms with van der Waals surface area (Å²) < 4.78 is 112. The predicted molar refractivity (Wildman–Crippen MR) is 107 cm³/mol. The first kappa shape index (κ1) is 26.0. The molecule has 0 atom stereocenters. The highest BCUT2D eigenvalue weighted by Crippen LogP contribution is 2.27. The molecular formula is C22H16F8N2O3. The maximum Gasteiger partial charge on any atom is 0.334 e. The van der Waals surface area contributed by atoms with Crippen LogP contribution in [0, 0.1) is 23.3 Å². The van der Waals surface area contributed by atoms with Crippen molar-refractivity contribution >= 4 is 0 Å². The summed E-state index contributed by atoms with van der Waals surface area (Å²) >= 11 is 0. The number of aromatic nitrogens is 2. The van der Waals surface area contributed by atoms with Crippen LogP contribution in [0.1, 0.15) is 11.1 Å². The molecule has 0 saturated carbocycles. The molecule has 3 aromatic rings. The molecule has 188 valence electrons. The Balaban J connectivity index is 1.91. The van der Waals surface area contributed by atoms with Crippen LogP contribution in [-0.4, -0.2) is 26.1 Å². The van der Waals surface area contributed by atoms with Gasteiger partial charge in [0, 0.05) is 12.8 Å². The fourth-order valence-electron chi connectivity index (χ4n) is 3.40. The van der Waals surface area contributed by atoms with Gasteiger partial charge in [0.25, 0.3) is 17.4 Å². The number of aromatic hydroxyl groups is 1. The van der Waals surface area contributed by atoms with Gasteiger partial charge in [-0.2, -0.15) is 0 Å². The van der Waals surface area contributed by atoms with E-state index in [1.165, 1.54) is 0 Å². The van der Waals surface area contributed by atoms with E-state index >= 15 is 0 Å². The van der Waals surface area contributed by atoms with Gasteiger partial charge >= 0.3 is 5.69 Å². The SMILES string of the molecule is O=c1cc(O)n(CC(F)(F)Cc2cccc(F)c2F)c(=O)n1CC(F)(F)Cc1cccc(F)c1F. The zero-order chi connectivity index (χ0) is 26.1. The maximum atomic E-state index is 14.5. The van der Waals surface area contributed by atoms with Crippen LogP contribution in [0.25, 0.3) is 0 Å². The molecule has 0 unspecified atom stereocenters. The van der Waals surface area contributed by atoms with Crippen LogP contribution in [0.2, 0.25) is 0 Å². The molecule has 13 heteroatoms. The zero-order valence-electron chi connectivity index (χ0n) is 17.6. The Bertz CT molecular complexity index is 1370. The Hall–Kier alpha value is -3.64. The van der Waals surface area contributed by atoms with Gasteiger partial charge in [0.2, 0.25) is 5.88 Å². The summed E-state index contributed by atoms with van der Waals surface area (Å²) in [6, 6.07) is 5.27. The molecule has 5 nitrogen and oxygen atoms in total. The van der Waals surface area contributed by atoms with Crippen molar-refractivity contribution in [3.8, 4) is 5.88 Å². The summed E-state index contributed by atoms with van der Waals surface area (Å²) in [5.74, 6) is -15.2. The number of nitrogens with zero attached hydrogens (tertiary/aromatic N) is 2. The Kier molecular flexibility index (Phi) is 7.08. The van der Waals surface area contributed by atoms with Crippen LogP contribution in [0.3, 0.4) is 0 Å². The van der Waals surface area contributed by atoms with Crippen LogP contribution in [0.4, 0.5) is 35.1 Å². The summed E-state index contributed by atoms with van der Waals surface area (Å²) in [4.78, 5) is 24.6. The van der Waals surface area contributed by atoms with E-state index < -0.39 is 89.3 Å². The van der Waals surface area contributed by atoms with Crippen molar-refractivity contribution in [2.24, 2.45) is 0 Å². The molecule has 0 spiro atoms. The molecule has 0 bridgehead atoms. The quantitative estimate of drug-likeness (QED) is 0.468. The van der Waals surface area contributed by atoms with Gasteiger partial charge in [0.05, 0.1) is 19.2 Å². The van der Waals surface area contributed by atoms with E-state index in [0.717, 1.165) is 24.3 Å². The third-order valence-corrected chi connectivity index (χ3v) is 5.00. The van der Waals surface area contributed by atoms with E-state index in [9.17, 15) is 49.8 Å². The number of halogens is 8. The van der Waals surface area contributed by atoms with E-state index in [2.05, 4.69) is 0 Å². The molecular weight excluding hydrogens is 492 g/mol. The number of rotatable bonds is 8. The Morgan fingerprint density at radius 2 is 1.14 bits per heavy atom. The van der Waals surface area contributed by atoms with Crippen molar-refractivity contribution in [2.75, 3.05) is 0 Å². The van der Waals surface area contributed by atoms with Crippen LogP contribution in [0.15, 0.2) is 52.1 Å². The topological polar surface area (TPSA) is 64.2 Å². The summed E-state index contributed by atoms with van der Waals surface area (Å²) in [5, 5.41) is 9.83. The van der Waals surface area contributed by atoms with E-state index in [1.54, 1.807) is 0 Å². The molecule has 35 heavy (non-hydrogen) atoms. The van der Waals surface area contributed by atoms with Gasteiger partial charge in [-0.1, -0.05) is 24.3 Å².